The molecule has 12 heteroatoms. The molecule has 0 saturated carbocycles. The highest BCUT2D eigenvalue weighted by molar-refractivity contribution is 5.76. The van der Waals surface area contributed by atoms with Crippen LogP contribution in [0.2, 0.25) is 0 Å². The first kappa shape index (κ1) is 22.4. The van der Waals surface area contributed by atoms with Crippen LogP contribution in [0.5, 0.6) is 0 Å². The van der Waals surface area contributed by atoms with Gasteiger partial charge in [0.25, 0.3) is 0 Å². The van der Waals surface area contributed by atoms with Crippen molar-refractivity contribution in [1.29, 1.82) is 0 Å². The number of nitrogens with one attached hydrogen (secondary N) is 2. The lowest BCUT2D eigenvalue weighted by Gasteiger charge is -2.10. The fraction of sp³-hybridized carbons (Fsp3) is 0.250. The molecule has 0 amide bonds. The number of aliphatic hydroxyl groups is 2. The third-order valence-electron chi connectivity index (χ3n) is 3.35. The van der Waals surface area contributed by atoms with Gasteiger partial charge in [-0.3, -0.25) is 20.2 Å². The monoisotopic (exact) mass is 394 g/mol. The summed E-state index contributed by atoms with van der Waals surface area (Å²) in [6.07, 6.45) is 0. The van der Waals surface area contributed by atoms with Gasteiger partial charge in [-0.1, -0.05) is 12.1 Å². The molecule has 152 valence electrons. The molecule has 2 aromatic rings. The van der Waals surface area contributed by atoms with E-state index in [-0.39, 0.29) is 49.1 Å². The Balaban J connectivity index is 0.000000307. The van der Waals surface area contributed by atoms with Crippen LogP contribution in [0.1, 0.15) is 0 Å². The van der Waals surface area contributed by atoms with Gasteiger partial charge in [0.05, 0.1) is 23.1 Å². The largest absolute Gasteiger partial charge is 0.395 e. The fourth-order valence-electron chi connectivity index (χ4n) is 2.20. The van der Waals surface area contributed by atoms with Crippen LogP contribution in [0.4, 0.5) is 34.1 Å². The van der Waals surface area contributed by atoms with Crippen molar-refractivity contribution in [3.63, 3.8) is 0 Å². The van der Waals surface area contributed by atoms with Gasteiger partial charge in [-0.05, 0) is 24.3 Å². The lowest BCUT2D eigenvalue weighted by Crippen LogP contribution is -2.11. The zero-order chi connectivity index (χ0) is 21.1. The number of nitro groups is 2. The predicted octanol–water partition coefficient (Wildman–Crippen LogP) is 1.16. The number of hydrogen-bond acceptors (Lipinski definition) is 10. The molecule has 0 saturated heterocycles. The maximum atomic E-state index is 11.0. The maximum absolute atomic E-state index is 11.0. The van der Waals surface area contributed by atoms with E-state index in [1.807, 2.05) is 0 Å². The Morgan fingerprint density at radius 2 is 1.18 bits per heavy atom. The SMILES string of the molecule is Nc1cccc(N)c1[N+](=O)[O-].O=[N+]([O-])c1c(NCCO)cccc1NCCO. The molecule has 2 aromatic carbocycles. The number of benzene rings is 2. The van der Waals surface area contributed by atoms with Crippen LogP contribution in [0.3, 0.4) is 0 Å². The second-order valence-electron chi connectivity index (χ2n) is 5.30. The van der Waals surface area contributed by atoms with E-state index in [4.69, 9.17) is 21.7 Å². The average Bonchev–Trinajstić information content (AvgIpc) is 2.64. The third kappa shape index (κ3) is 6.26. The number of rotatable bonds is 8. The van der Waals surface area contributed by atoms with Gasteiger partial charge in [0, 0.05) is 13.1 Å². The number of nitrogen functional groups attached to an aromatic ring is 2. The smallest absolute Gasteiger partial charge is 0.315 e. The van der Waals surface area contributed by atoms with Gasteiger partial charge in [-0.15, -0.1) is 0 Å². The van der Waals surface area contributed by atoms with Gasteiger partial charge < -0.3 is 32.3 Å². The summed E-state index contributed by atoms with van der Waals surface area (Å²) in [5, 5.41) is 44.2. The molecule has 2 rings (SSSR count). The van der Waals surface area contributed by atoms with Crippen LogP contribution < -0.4 is 22.1 Å². The molecule has 8 N–H and O–H groups in total. The minimum absolute atomic E-state index is 0.0885. The Morgan fingerprint density at radius 1 is 0.786 bits per heavy atom. The van der Waals surface area contributed by atoms with E-state index in [1.54, 1.807) is 24.3 Å². The normalized spacial score (nSPS) is 9.79. The highest BCUT2D eigenvalue weighted by atomic mass is 16.6. The van der Waals surface area contributed by atoms with Crippen molar-refractivity contribution >= 4 is 34.1 Å². The van der Waals surface area contributed by atoms with E-state index < -0.39 is 9.85 Å². The Morgan fingerprint density at radius 3 is 1.50 bits per heavy atom. The quantitative estimate of drug-likeness (QED) is 0.214. The lowest BCUT2D eigenvalue weighted by molar-refractivity contribution is -0.383. The highest BCUT2D eigenvalue weighted by Gasteiger charge is 2.18. The molecule has 0 atom stereocenters. The Hall–Kier alpha value is -3.64. The molecule has 0 aliphatic heterocycles. The van der Waals surface area contributed by atoms with Gasteiger partial charge in [-0.25, -0.2) is 0 Å². The van der Waals surface area contributed by atoms with Gasteiger partial charge in [0.1, 0.15) is 22.7 Å². The van der Waals surface area contributed by atoms with Crippen LogP contribution in [-0.4, -0.2) is 46.4 Å². The topological polar surface area (TPSA) is 203 Å². The summed E-state index contributed by atoms with van der Waals surface area (Å²) in [4.78, 5) is 20.2. The van der Waals surface area contributed by atoms with Crippen LogP contribution in [-0.2, 0) is 0 Å². The number of nitro benzene ring substituents is 2. The summed E-state index contributed by atoms with van der Waals surface area (Å²) in [7, 11) is 0. The van der Waals surface area contributed by atoms with Crippen molar-refractivity contribution in [2.75, 3.05) is 48.4 Å². The van der Waals surface area contributed by atoms with E-state index in [1.165, 1.54) is 12.1 Å². The molecule has 0 aromatic heterocycles. The Bertz CT molecular complexity index is 770. The van der Waals surface area contributed by atoms with Crippen molar-refractivity contribution in [1.82, 2.24) is 0 Å². The standard InChI is InChI=1S/C10H15N3O4.C6H7N3O2/c14-6-4-11-8-2-1-3-9(12-5-7-15)10(8)13(16)17;7-4-2-1-3-5(8)6(4)9(10)11/h1-3,11-12,14-15H,4-7H2;1-3H,7-8H2. The molecule has 0 aliphatic rings. The highest BCUT2D eigenvalue weighted by Crippen LogP contribution is 2.32. The number of anilines is 4. The molecule has 0 heterocycles. The number of para-hydroxylation sites is 2. The molecular formula is C16H22N6O6. The molecular weight excluding hydrogens is 372 g/mol. The van der Waals surface area contributed by atoms with Gasteiger partial charge in [0.2, 0.25) is 0 Å². The number of aliphatic hydroxyl groups excluding tert-OH is 2. The lowest BCUT2D eigenvalue weighted by atomic mass is 10.2. The molecule has 0 radical (unpaired) electrons. The summed E-state index contributed by atoms with van der Waals surface area (Å²) in [5.41, 5.74) is 11.2. The Kier molecular flexibility index (Phi) is 8.92. The summed E-state index contributed by atoms with van der Waals surface area (Å²) in [6, 6.07) is 9.24. The van der Waals surface area contributed by atoms with Crippen LogP contribution in [0.15, 0.2) is 36.4 Å². The zero-order valence-corrected chi connectivity index (χ0v) is 14.9. The summed E-state index contributed by atoms with van der Waals surface area (Å²) in [5.74, 6) is 0. The average molecular weight is 394 g/mol. The molecule has 0 unspecified atom stereocenters. The number of nitrogens with zero attached hydrogens (tertiary/aromatic N) is 2. The molecule has 0 fully saturated rings. The van der Waals surface area contributed by atoms with Crippen LogP contribution in [0, 0.1) is 20.2 Å². The minimum Gasteiger partial charge on any atom is -0.395 e. The van der Waals surface area contributed by atoms with E-state index in [0.717, 1.165) is 0 Å². The molecule has 0 aliphatic carbocycles. The second kappa shape index (κ2) is 11.2. The van der Waals surface area contributed by atoms with Crippen molar-refractivity contribution in [2.45, 2.75) is 0 Å². The molecule has 12 nitrogen and oxygen atoms in total. The zero-order valence-electron chi connectivity index (χ0n) is 14.9. The first-order valence-corrected chi connectivity index (χ1v) is 8.08. The summed E-state index contributed by atoms with van der Waals surface area (Å²) < 4.78 is 0. The molecule has 28 heavy (non-hydrogen) atoms. The number of hydrogen-bond donors (Lipinski definition) is 6. The minimum atomic E-state index is -0.593. The van der Waals surface area contributed by atoms with E-state index >= 15 is 0 Å². The van der Waals surface area contributed by atoms with E-state index in [0.29, 0.717) is 11.4 Å². The van der Waals surface area contributed by atoms with Crippen molar-refractivity contribution in [3.8, 4) is 0 Å². The van der Waals surface area contributed by atoms with Crippen molar-refractivity contribution < 1.29 is 20.1 Å². The third-order valence-corrected chi connectivity index (χ3v) is 3.35. The first-order chi connectivity index (χ1) is 13.3. The first-order valence-electron chi connectivity index (χ1n) is 8.08. The van der Waals surface area contributed by atoms with E-state index in [9.17, 15) is 20.2 Å². The maximum Gasteiger partial charge on any atom is 0.315 e. The van der Waals surface area contributed by atoms with Gasteiger partial charge in [0.15, 0.2) is 0 Å². The molecule has 0 spiro atoms. The predicted molar refractivity (Wildman–Crippen MR) is 106 cm³/mol. The van der Waals surface area contributed by atoms with Gasteiger partial charge >= 0.3 is 11.4 Å². The summed E-state index contributed by atoms with van der Waals surface area (Å²) in [6.45, 7) is 0.269. The Labute approximate surface area is 160 Å². The summed E-state index contributed by atoms with van der Waals surface area (Å²) >= 11 is 0. The van der Waals surface area contributed by atoms with Crippen LogP contribution in [0.25, 0.3) is 0 Å². The van der Waals surface area contributed by atoms with Crippen molar-refractivity contribution in [3.05, 3.63) is 56.6 Å². The fourth-order valence-corrected chi connectivity index (χ4v) is 2.20. The second-order valence-corrected chi connectivity index (χ2v) is 5.30. The van der Waals surface area contributed by atoms with Crippen LogP contribution >= 0.6 is 0 Å². The van der Waals surface area contributed by atoms with E-state index in [2.05, 4.69) is 10.6 Å². The number of nitrogens with two attached hydrogens (primary N) is 2. The van der Waals surface area contributed by atoms with Gasteiger partial charge in [-0.2, -0.15) is 0 Å². The molecule has 0 bridgehead atoms. The van der Waals surface area contributed by atoms with Crippen molar-refractivity contribution in [2.24, 2.45) is 0 Å².